The van der Waals surface area contributed by atoms with Crippen LogP contribution in [0.1, 0.15) is 23.0 Å². The average molecular weight is 260 g/mol. The van der Waals surface area contributed by atoms with Crippen LogP contribution in [0, 0.1) is 0 Å². The monoisotopic (exact) mass is 260 g/mol. The van der Waals surface area contributed by atoms with E-state index in [1.165, 1.54) is 0 Å². The van der Waals surface area contributed by atoms with Gasteiger partial charge in [0.15, 0.2) is 11.5 Å². The first-order chi connectivity index (χ1) is 9.21. The first kappa shape index (κ1) is 13.1. The molecule has 0 fully saturated rings. The number of carbonyl (C=O) groups excluding carboxylic acids is 1. The van der Waals surface area contributed by atoms with Gasteiger partial charge in [-0.3, -0.25) is 9.48 Å². The van der Waals surface area contributed by atoms with Crippen molar-refractivity contribution in [2.24, 2.45) is 0 Å². The molecule has 1 heterocycles. The summed E-state index contributed by atoms with van der Waals surface area (Å²) in [6.07, 6.45) is 1.62. The SMILES string of the molecule is CCn1nccc1C(=O)c1ccc(OC)c(OC)c1. The average Bonchev–Trinajstić information content (AvgIpc) is 2.94. The normalized spacial score (nSPS) is 10.3. The Morgan fingerprint density at radius 3 is 2.58 bits per heavy atom. The lowest BCUT2D eigenvalue weighted by molar-refractivity contribution is 0.102. The third-order valence-electron chi connectivity index (χ3n) is 2.89. The minimum absolute atomic E-state index is 0.0831. The van der Waals surface area contributed by atoms with Crippen LogP contribution >= 0.6 is 0 Å². The van der Waals surface area contributed by atoms with Crippen molar-refractivity contribution in [2.45, 2.75) is 13.5 Å². The summed E-state index contributed by atoms with van der Waals surface area (Å²) in [5, 5.41) is 4.10. The van der Waals surface area contributed by atoms with E-state index in [9.17, 15) is 4.79 Å². The molecule has 19 heavy (non-hydrogen) atoms. The van der Waals surface area contributed by atoms with Crippen molar-refractivity contribution in [2.75, 3.05) is 14.2 Å². The number of nitrogens with zero attached hydrogens (tertiary/aromatic N) is 2. The lowest BCUT2D eigenvalue weighted by Gasteiger charge is -2.09. The van der Waals surface area contributed by atoms with Crippen LogP contribution in [0.25, 0.3) is 0 Å². The molecule has 0 unspecified atom stereocenters. The quantitative estimate of drug-likeness (QED) is 0.773. The maximum absolute atomic E-state index is 12.4. The fourth-order valence-electron chi connectivity index (χ4n) is 1.90. The fraction of sp³-hybridized carbons (Fsp3) is 0.286. The predicted octanol–water partition coefficient (Wildman–Crippen LogP) is 2.15. The molecule has 0 bridgehead atoms. The number of hydrogen-bond donors (Lipinski definition) is 0. The van der Waals surface area contributed by atoms with Crippen molar-refractivity contribution in [3.8, 4) is 11.5 Å². The minimum atomic E-state index is -0.0831. The zero-order valence-electron chi connectivity index (χ0n) is 11.2. The van der Waals surface area contributed by atoms with Gasteiger partial charge < -0.3 is 9.47 Å². The van der Waals surface area contributed by atoms with E-state index in [0.29, 0.717) is 29.3 Å². The van der Waals surface area contributed by atoms with Gasteiger partial charge in [0, 0.05) is 18.3 Å². The molecule has 0 atom stereocenters. The summed E-state index contributed by atoms with van der Waals surface area (Å²) in [6, 6.07) is 6.83. The van der Waals surface area contributed by atoms with E-state index in [-0.39, 0.29) is 5.78 Å². The molecule has 2 rings (SSSR count). The van der Waals surface area contributed by atoms with Crippen LogP contribution in [0.4, 0.5) is 0 Å². The largest absolute Gasteiger partial charge is 0.493 e. The maximum Gasteiger partial charge on any atom is 0.211 e. The molecule has 100 valence electrons. The van der Waals surface area contributed by atoms with Gasteiger partial charge in [-0.15, -0.1) is 0 Å². The van der Waals surface area contributed by atoms with Gasteiger partial charge in [0.1, 0.15) is 5.69 Å². The van der Waals surface area contributed by atoms with Gasteiger partial charge in [-0.25, -0.2) is 0 Å². The third kappa shape index (κ3) is 2.45. The Kier molecular flexibility index (Phi) is 3.85. The second-order valence-electron chi connectivity index (χ2n) is 3.93. The van der Waals surface area contributed by atoms with Crippen LogP contribution in [-0.4, -0.2) is 29.8 Å². The van der Waals surface area contributed by atoms with Crippen molar-refractivity contribution in [1.82, 2.24) is 9.78 Å². The lowest BCUT2D eigenvalue weighted by Crippen LogP contribution is -2.10. The van der Waals surface area contributed by atoms with Crippen LogP contribution in [0.5, 0.6) is 11.5 Å². The summed E-state index contributed by atoms with van der Waals surface area (Å²) < 4.78 is 12.0. The number of aromatic nitrogens is 2. The molecule has 0 amide bonds. The molecule has 0 aliphatic rings. The summed E-state index contributed by atoms with van der Waals surface area (Å²) in [4.78, 5) is 12.4. The molecule has 5 heteroatoms. The second kappa shape index (κ2) is 5.56. The van der Waals surface area contributed by atoms with Gasteiger partial charge in [0.05, 0.1) is 14.2 Å². The van der Waals surface area contributed by atoms with Gasteiger partial charge >= 0.3 is 0 Å². The second-order valence-corrected chi connectivity index (χ2v) is 3.93. The molecule has 0 aliphatic heterocycles. The number of rotatable bonds is 5. The van der Waals surface area contributed by atoms with Gasteiger partial charge in [-0.1, -0.05) is 0 Å². The first-order valence-corrected chi connectivity index (χ1v) is 5.99. The molecule has 5 nitrogen and oxygen atoms in total. The molecule has 0 N–H and O–H groups in total. The number of ether oxygens (including phenoxy) is 2. The Morgan fingerprint density at radius 1 is 1.21 bits per heavy atom. The molecule has 0 saturated heterocycles. The molecule has 1 aromatic heterocycles. The van der Waals surface area contributed by atoms with Crippen molar-refractivity contribution in [3.63, 3.8) is 0 Å². The third-order valence-corrected chi connectivity index (χ3v) is 2.89. The van der Waals surface area contributed by atoms with Crippen molar-refractivity contribution in [3.05, 3.63) is 41.7 Å². The topological polar surface area (TPSA) is 53.4 Å². The van der Waals surface area contributed by atoms with Crippen molar-refractivity contribution >= 4 is 5.78 Å². The zero-order chi connectivity index (χ0) is 13.8. The number of hydrogen-bond acceptors (Lipinski definition) is 4. The first-order valence-electron chi connectivity index (χ1n) is 5.99. The summed E-state index contributed by atoms with van der Waals surface area (Å²) >= 11 is 0. The number of carbonyl (C=O) groups is 1. The van der Waals surface area contributed by atoms with E-state index < -0.39 is 0 Å². The van der Waals surface area contributed by atoms with E-state index in [1.807, 2.05) is 6.92 Å². The lowest BCUT2D eigenvalue weighted by atomic mass is 10.1. The summed E-state index contributed by atoms with van der Waals surface area (Å²) in [7, 11) is 3.11. The molecule has 2 aromatic rings. The highest BCUT2D eigenvalue weighted by Crippen LogP contribution is 2.28. The number of methoxy groups -OCH3 is 2. The van der Waals surface area contributed by atoms with E-state index in [4.69, 9.17) is 9.47 Å². The van der Waals surface area contributed by atoms with Crippen molar-refractivity contribution in [1.29, 1.82) is 0 Å². The van der Waals surface area contributed by atoms with Gasteiger partial charge in [-0.2, -0.15) is 5.10 Å². The summed E-state index contributed by atoms with van der Waals surface area (Å²) in [5.41, 5.74) is 1.11. The van der Waals surface area contributed by atoms with Gasteiger partial charge in [0.2, 0.25) is 5.78 Å². The Bertz CT molecular complexity index is 590. The highest BCUT2D eigenvalue weighted by atomic mass is 16.5. The Labute approximate surface area is 111 Å². The van der Waals surface area contributed by atoms with E-state index in [2.05, 4.69) is 5.10 Å². The minimum Gasteiger partial charge on any atom is -0.493 e. The summed E-state index contributed by atoms with van der Waals surface area (Å²) in [5.74, 6) is 1.05. The molecule has 1 aromatic carbocycles. The smallest absolute Gasteiger partial charge is 0.211 e. The standard InChI is InChI=1S/C14H16N2O3/c1-4-16-11(7-8-15-16)14(17)10-5-6-12(18-2)13(9-10)19-3/h5-9H,4H2,1-3H3. The Morgan fingerprint density at radius 2 is 1.95 bits per heavy atom. The molecular weight excluding hydrogens is 244 g/mol. The number of ketones is 1. The van der Waals surface area contributed by atoms with E-state index in [0.717, 1.165) is 0 Å². The molecule has 0 spiro atoms. The molecule has 0 saturated carbocycles. The number of aryl methyl sites for hydroxylation is 1. The molecular formula is C14H16N2O3. The van der Waals surface area contributed by atoms with E-state index in [1.54, 1.807) is 49.4 Å². The van der Waals surface area contributed by atoms with Crippen LogP contribution in [0.3, 0.4) is 0 Å². The Balaban J connectivity index is 2.39. The Hall–Kier alpha value is -2.30. The van der Waals surface area contributed by atoms with E-state index >= 15 is 0 Å². The molecule has 0 aliphatic carbocycles. The zero-order valence-corrected chi connectivity index (χ0v) is 11.2. The van der Waals surface area contributed by atoms with Gasteiger partial charge in [-0.05, 0) is 31.2 Å². The highest BCUT2D eigenvalue weighted by molar-refractivity contribution is 6.08. The molecule has 0 radical (unpaired) electrons. The fourth-order valence-corrected chi connectivity index (χ4v) is 1.90. The van der Waals surface area contributed by atoms with Crippen LogP contribution in [0.15, 0.2) is 30.5 Å². The maximum atomic E-state index is 12.4. The van der Waals surface area contributed by atoms with Crippen LogP contribution in [0.2, 0.25) is 0 Å². The summed E-state index contributed by atoms with van der Waals surface area (Å²) in [6.45, 7) is 2.60. The predicted molar refractivity (Wildman–Crippen MR) is 70.9 cm³/mol. The number of benzene rings is 1. The van der Waals surface area contributed by atoms with Gasteiger partial charge in [0.25, 0.3) is 0 Å². The highest BCUT2D eigenvalue weighted by Gasteiger charge is 2.16. The van der Waals surface area contributed by atoms with Crippen LogP contribution in [-0.2, 0) is 6.54 Å². The van der Waals surface area contributed by atoms with Crippen LogP contribution < -0.4 is 9.47 Å². The van der Waals surface area contributed by atoms with Crippen molar-refractivity contribution < 1.29 is 14.3 Å².